The SMILES string of the molecule is CC(=Cc1c(C(C)c2cc(C(C)(C)C)cc(C(C)(C)C)c2C=C(C)C(=O)O)cc(C(C)(C)C)cc1C(C)(C)C)C(=O)O. The van der Waals surface area contributed by atoms with E-state index in [9.17, 15) is 19.8 Å². The van der Waals surface area contributed by atoms with Crippen LogP contribution in [0.4, 0.5) is 0 Å². The molecule has 2 N–H and O–H groups in total. The Morgan fingerprint density at radius 2 is 0.857 bits per heavy atom. The van der Waals surface area contributed by atoms with Gasteiger partial charge in [-0.15, -0.1) is 0 Å². The van der Waals surface area contributed by atoms with E-state index < -0.39 is 11.9 Å². The van der Waals surface area contributed by atoms with Crippen LogP contribution in [-0.4, -0.2) is 22.2 Å². The number of carbonyl (C=O) groups is 2. The van der Waals surface area contributed by atoms with E-state index in [1.807, 2.05) is 12.2 Å². The maximum atomic E-state index is 12.1. The molecule has 0 bridgehead atoms. The van der Waals surface area contributed by atoms with Gasteiger partial charge < -0.3 is 10.2 Å². The lowest BCUT2D eigenvalue weighted by molar-refractivity contribution is -0.133. The molecule has 2 aromatic carbocycles. The normalized spacial score (nSPS) is 14.6. The Morgan fingerprint density at radius 3 is 1.07 bits per heavy atom. The van der Waals surface area contributed by atoms with Gasteiger partial charge in [0, 0.05) is 17.1 Å². The summed E-state index contributed by atoms with van der Waals surface area (Å²) in [4.78, 5) is 24.1. The van der Waals surface area contributed by atoms with Crippen LogP contribution in [0.3, 0.4) is 0 Å². The number of aliphatic carboxylic acids is 2. The summed E-state index contributed by atoms with van der Waals surface area (Å²) in [5.74, 6) is -2.05. The molecular weight excluding hydrogens is 520 g/mol. The first-order chi connectivity index (χ1) is 18.8. The summed E-state index contributed by atoms with van der Waals surface area (Å²) in [5.41, 5.74) is 8.29. The Labute approximate surface area is 255 Å². The Bertz CT molecular complexity index is 1310. The van der Waals surface area contributed by atoms with Crippen LogP contribution in [0, 0.1) is 0 Å². The van der Waals surface area contributed by atoms with Gasteiger partial charge in [-0.1, -0.05) is 114 Å². The molecule has 4 nitrogen and oxygen atoms in total. The molecule has 2 aromatic rings. The predicted octanol–water partition coefficient (Wildman–Crippen LogP) is 10.0. The Hall–Kier alpha value is -3.14. The number of carboxylic acids is 2. The van der Waals surface area contributed by atoms with Gasteiger partial charge in [-0.05, 0) is 92.2 Å². The van der Waals surface area contributed by atoms with E-state index in [1.165, 1.54) is 11.1 Å². The van der Waals surface area contributed by atoms with Gasteiger partial charge in [0.25, 0.3) is 0 Å². The zero-order valence-corrected chi connectivity index (χ0v) is 28.8. The lowest BCUT2D eigenvalue weighted by Crippen LogP contribution is -2.22. The molecule has 0 radical (unpaired) electrons. The minimum Gasteiger partial charge on any atom is -0.478 e. The van der Waals surface area contributed by atoms with E-state index in [0.717, 1.165) is 33.4 Å². The molecule has 230 valence electrons. The smallest absolute Gasteiger partial charge is 0.331 e. The molecule has 0 aliphatic rings. The van der Waals surface area contributed by atoms with Gasteiger partial charge in [0.15, 0.2) is 0 Å². The highest BCUT2D eigenvalue weighted by Gasteiger charge is 2.30. The highest BCUT2D eigenvalue weighted by Crippen LogP contribution is 2.43. The van der Waals surface area contributed by atoms with Crippen molar-refractivity contribution in [1.82, 2.24) is 0 Å². The maximum absolute atomic E-state index is 12.1. The van der Waals surface area contributed by atoms with Gasteiger partial charge >= 0.3 is 11.9 Å². The number of hydrogen-bond acceptors (Lipinski definition) is 2. The van der Waals surface area contributed by atoms with Crippen molar-refractivity contribution in [3.63, 3.8) is 0 Å². The third-order valence-corrected chi connectivity index (χ3v) is 8.10. The summed E-state index contributed by atoms with van der Waals surface area (Å²) < 4.78 is 0. The van der Waals surface area contributed by atoms with Gasteiger partial charge in [0.1, 0.15) is 0 Å². The van der Waals surface area contributed by atoms with Crippen LogP contribution in [0.1, 0.15) is 154 Å². The van der Waals surface area contributed by atoms with Crippen LogP contribution in [0.2, 0.25) is 0 Å². The minimum absolute atomic E-state index is 0.134. The van der Waals surface area contributed by atoms with Crippen LogP contribution >= 0.6 is 0 Å². The molecule has 2 rings (SSSR count). The zero-order valence-electron chi connectivity index (χ0n) is 28.8. The summed E-state index contributed by atoms with van der Waals surface area (Å²) >= 11 is 0. The summed E-state index contributed by atoms with van der Waals surface area (Å²) in [6.45, 7) is 31.6. The summed E-state index contributed by atoms with van der Waals surface area (Å²) in [7, 11) is 0. The summed E-state index contributed by atoms with van der Waals surface area (Å²) in [6, 6.07) is 8.94. The summed E-state index contributed by atoms with van der Waals surface area (Å²) in [6.07, 6.45) is 3.63. The van der Waals surface area contributed by atoms with Crippen molar-refractivity contribution in [1.29, 1.82) is 0 Å². The summed E-state index contributed by atoms with van der Waals surface area (Å²) in [5, 5.41) is 19.8. The van der Waals surface area contributed by atoms with Crippen LogP contribution in [0.25, 0.3) is 12.2 Å². The highest BCUT2D eigenvalue weighted by atomic mass is 16.4. The van der Waals surface area contributed by atoms with E-state index in [1.54, 1.807) is 13.8 Å². The monoisotopic (exact) mass is 574 g/mol. The van der Waals surface area contributed by atoms with Crippen molar-refractivity contribution in [2.24, 2.45) is 0 Å². The number of carboxylic acid groups (broad SMARTS) is 2. The number of rotatable bonds is 6. The molecule has 4 heteroatoms. The third kappa shape index (κ3) is 8.02. The molecule has 0 aromatic heterocycles. The van der Waals surface area contributed by atoms with Crippen molar-refractivity contribution >= 4 is 24.1 Å². The van der Waals surface area contributed by atoms with Gasteiger partial charge in [-0.3, -0.25) is 0 Å². The molecule has 0 spiro atoms. The predicted molar refractivity (Wildman–Crippen MR) is 178 cm³/mol. The molecule has 0 amide bonds. The first-order valence-corrected chi connectivity index (χ1v) is 15.0. The van der Waals surface area contributed by atoms with Crippen LogP contribution < -0.4 is 0 Å². The Balaban J connectivity index is 3.28. The van der Waals surface area contributed by atoms with E-state index in [-0.39, 0.29) is 38.7 Å². The first kappa shape index (κ1) is 35.1. The first-order valence-electron chi connectivity index (χ1n) is 15.0. The number of benzene rings is 2. The largest absolute Gasteiger partial charge is 0.478 e. The second kappa shape index (κ2) is 11.9. The van der Waals surface area contributed by atoms with Crippen LogP contribution in [0.5, 0.6) is 0 Å². The molecule has 0 aliphatic carbocycles. The molecule has 0 atom stereocenters. The molecule has 0 fully saturated rings. The van der Waals surface area contributed by atoms with Crippen molar-refractivity contribution in [2.75, 3.05) is 0 Å². The second-order valence-corrected chi connectivity index (χ2v) is 16.0. The second-order valence-electron chi connectivity index (χ2n) is 16.0. The molecule has 0 saturated carbocycles. The van der Waals surface area contributed by atoms with Crippen LogP contribution in [-0.2, 0) is 31.2 Å². The van der Waals surface area contributed by atoms with Gasteiger partial charge in [0.05, 0.1) is 0 Å². The fourth-order valence-corrected chi connectivity index (χ4v) is 5.22. The Kier molecular flexibility index (Phi) is 9.90. The van der Waals surface area contributed by atoms with E-state index >= 15 is 0 Å². The highest BCUT2D eigenvalue weighted by molar-refractivity contribution is 5.93. The van der Waals surface area contributed by atoms with E-state index in [4.69, 9.17) is 0 Å². The lowest BCUT2D eigenvalue weighted by Gasteiger charge is -2.33. The lowest BCUT2D eigenvalue weighted by atomic mass is 9.71. The van der Waals surface area contributed by atoms with Gasteiger partial charge in [-0.25, -0.2) is 9.59 Å². The third-order valence-electron chi connectivity index (χ3n) is 8.10. The van der Waals surface area contributed by atoms with Gasteiger partial charge in [0.2, 0.25) is 0 Å². The van der Waals surface area contributed by atoms with Crippen molar-refractivity contribution in [3.05, 3.63) is 79.9 Å². The standard InChI is InChI=1S/C38H54O4/c1-22(33(39)40)16-29-27(18-25(35(4,5)6)20-31(29)37(10,11)12)24(3)28-19-26(36(7,8)9)21-32(38(13,14)15)30(28)17-23(2)34(41)42/h16-21,24H,1-15H3,(H,39,40)(H,41,42). The average Bonchev–Trinajstić information content (AvgIpc) is 2.80. The molecule has 0 heterocycles. The maximum Gasteiger partial charge on any atom is 0.331 e. The molecule has 0 aliphatic heterocycles. The van der Waals surface area contributed by atoms with E-state index in [2.05, 4.69) is 114 Å². The number of hydrogen-bond donors (Lipinski definition) is 2. The quantitative estimate of drug-likeness (QED) is 0.337. The molecule has 0 saturated heterocycles. The zero-order chi connectivity index (χ0) is 32.7. The molecule has 42 heavy (non-hydrogen) atoms. The van der Waals surface area contributed by atoms with Crippen molar-refractivity contribution < 1.29 is 19.8 Å². The fourth-order valence-electron chi connectivity index (χ4n) is 5.22. The fraction of sp³-hybridized carbons (Fsp3) is 0.526. The van der Waals surface area contributed by atoms with E-state index in [0.29, 0.717) is 0 Å². The molecule has 0 unspecified atom stereocenters. The van der Waals surface area contributed by atoms with Gasteiger partial charge in [-0.2, -0.15) is 0 Å². The van der Waals surface area contributed by atoms with Crippen molar-refractivity contribution in [2.45, 2.75) is 131 Å². The molecular formula is C38H54O4. The van der Waals surface area contributed by atoms with Crippen LogP contribution in [0.15, 0.2) is 35.4 Å². The average molecular weight is 575 g/mol. The Morgan fingerprint density at radius 1 is 0.571 bits per heavy atom. The minimum atomic E-state index is -0.946. The van der Waals surface area contributed by atoms with Crippen molar-refractivity contribution in [3.8, 4) is 0 Å². The topological polar surface area (TPSA) is 74.6 Å².